The Morgan fingerprint density at radius 3 is 3.00 bits per heavy atom. The number of imidazole rings is 1. The molecule has 0 saturated carbocycles. The summed E-state index contributed by atoms with van der Waals surface area (Å²) in [5, 5.41) is 7.25. The molecule has 0 radical (unpaired) electrons. The van der Waals surface area contributed by atoms with Crippen LogP contribution in [0.25, 0.3) is 0 Å². The lowest BCUT2D eigenvalue weighted by Gasteiger charge is -2.33. The van der Waals surface area contributed by atoms with Gasteiger partial charge in [0, 0.05) is 18.4 Å². The average molecular weight is 374 g/mol. The Balaban J connectivity index is 0.00000133. The Labute approximate surface area is 129 Å². The Kier molecular flexibility index (Phi) is 4.92. The number of aromatic nitrogens is 5. The van der Waals surface area contributed by atoms with Gasteiger partial charge in [0.25, 0.3) is 0 Å². The molecule has 2 aromatic rings. The standard InChI is InChI=1S/C12H18N6.HI/c1-9-15-12(17-16-9)11-4-2-3-5-18(11)7-10-6-13-8-14-10;/h6,8,11H,2-5,7H2,1H3,(H,13,14)(H,15,16,17);1H. The molecule has 0 aliphatic carbocycles. The molecule has 0 amide bonds. The highest BCUT2D eigenvalue weighted by Crippen LogP contribution is 2.29. The molecule has 0 aromatic carbocycles. The largest absolute Gasteiger partial charge is 0.347 e. The fourth-order valence-electron chi connectivity index (χ4n) is 2.57. The quantitative estimate of drug-likeness (QED) is 0.808. The predicted molar refractivity (Wildman–Crippen MR) is 82.1 cm³/mol. The number of likely N-dealkylation sites (tertiary alicyclic amines) is 1. The van der Waals surface area contributed by atoms with Gasteiger partial charge >= 0.3 is 0 Å². The van der Waals surface area contributed by atoms with Crippen LogP contribution in [0.15, 0.2) is 12.5 Å². The van der Waals surface area contributed by atoms with Crippen LogP contribution in [0.2, 0.25) is 0 Å². The van der Waals surface area contributed by atoms with Crippen molar-refractivity contribution in [3.05, 3.63) is 29.9 Å². The van der Waals surface area contributed by atoms with Crippen LogP contribution < -0.4 is 0 Å². The van der Waals surface area contributed by atoms with E-state index < -0.39 is 0 Å². The van der Waals surface area contributed by atoms with E-state index in [0.717, 1.165) is 36.9 Å². The van der Waals surface area contributed by atoms with E-state index in [0.29, 0.717) is 6.04 Å². The molecule has 3 rings (SSSR count). The van der Waals surface area contributed by atoms with Gasteiger partial charge in [-0.3, -0.25) is 10.00 Å². The van der Waals surface area contributed by atoms with Crippen LogP contribution in [0.5, 0.6) is 0 Å². The van der Waals surface area contributed by atoms with E-state index in [-0.39, 0.29) is 24.0 Å². The zero-order valence-electron chi connectivity index (χ0n) is 11.0. The first kappa shape index (κ1) is 14.4. The number of H-pyrrole nitrogens is 2. The Morgan fingerprint density at radius 1 is 1.42 bits per heavy atom. The van der Waals surface area contributed by atoms with Crippen molar-refractivity contribution in [1.29, 1.82) is 0 Å². The van der Waals surface area contributed by atoms with E-state index in [4.69, 9.17) is 0 Å². The Bertz CT molecular complexity index is 494. The number of aryl methyl sites for hydroxylation is 1. The molecular weight excluding hydrogens is 355 g/mol. The van der Waals surface area contributed by atoms with Crippen LogP contribution in [0.1, 0.15) is 42.6 Å². The number of aromatic amines is 2. The molecule has 7 heteroatoms. The van der Waals surface area contributed by atoms with Crippen LogP contribution in [0, 0.1) is 6.92 Å². The van der Waals surface area contributed by atoms with Crippen molar-refractivity contribution in [1.82, 2.24) is 30.0 Å². The summed E-state index contributed by atoms with van der Waals surface area (Å²) in [5.41, 5.74) is 1.15. The highest BCUT2D eigenvalue weighted by molar-refractivity contribution is 14.0. The fourth-order valence-corrected chi connectivity index (χ4v) is 2.57. The minimum Gasteiger partial charge on any atom is -0.347 e. The molecule has 19 heavy (non-hydrogen) atoms. The number of halogens is 1. The molecule has 104 valence electrons. The van der Waals surface area contributed by atoms with Crippen LogP contribution in [0.4, 0.5) is 0 Å². The number of hydrogen-bond acceptors (Lipinski definition) is 4. The summed E-state index contributed by atoms with van der Waals surface area (Å²) in [7, 11) is 0. The molecule has 1 atom stereocenters. The van der Waals surface area contributed by atoms with Gasteiger partial charge < -0.3 is 4.98 Å². The zero-order chi connectivity index (χ0) is 12.4. The van der Waals surface area contributed by atoms with Crippen molar-refractivity contribution in [2.75, 3.05) is 6.54 Å². The maximum atomic E-state index is 4.48. The molecule has 1 fully saturated rings. The second-order valence-electron chi connectivity index (χ2n) is 4.84. The third-order valence-corrected chi connectivity index (χ3v) is 3.45. The molecule has 1 saturated heterocycles. The third-order valence-electron chi connectivity index (χ3n) is 3.45. The lowest BCUT2D eigenvalue weighted by Crippen LogP contribution is -2.33. The Hall–Kier alpha value is -0.960. The van der Waals surface area contributed by atoms with Gasteiger partial charge in [-0.1, -0.05) is 6.42 Å². The minimum absolute atomic E-state index is 0. The molecular formula is C12H19IN6. The average Bonchev–Trinajstić information content (AvgIpc) is 3.02. The fraction of sp³-hybridized carbons (Fsp3) is 0.583. The predicted octanol–water partition coefficient (Wildman–Crippen LogP) is 2.18. The summed E-state index contributed by atoms with van der Waals surface area (Å²) in [6, 6.07) is 0.326. The van der Waals surface area contributed by atoms with Crippen LogP contribution in [0.3, 0.4) is 0 Å². The monoisotopic (exact) mass is 374 g/mol. The smallest absolute Gasteiger partial charge is 0.167 e. The van der Waals surface area contributed by atoms with Crippen molar-refractivity contribution < 1.29 is 0 Å². The second kappa shape index (κ2) is 6.47. The van der Waals surface area contributed by atoms with E-state index >= 15 is 0 Å². The number of rotatable bonds is 3. The highest BCUT2D eigenvalue weighted by atomic mass is 127. The van der Waals surface area contributed by atoms with Crippen LogP contribution >= 0.6 is 24.0 Å². The lowest BCUT2D eigenvalue weighted by atomic mass is 10.0. The number of nitrogens with zero attached hydrogens (tertiary/aromatic N) is 4. The molecule has 2 aromatic heterocycles. The van der Waals surface area contributed by atoms with Gasteiger partial charge in [-0.05, 0) is 26.3 Å². The molecule has 2 N–H and O–H groups in total. The Morgan fingerprint density at radius 2 is 2.32 bits per heavy atom. The van der Waals surface area contributed by atoms with Gasteiger partial charge in [0.05, 0.1) is 12.4 Å². The van der Waals surface area contributed by atoms with Crippen molar-refractivity contribution >= 4 is 24.0 Å². The van der Waals surface area contributed by atoms with Crippen molar-refractivity contribution in [2.24, 2.45) is 0 Å². The SMILES string of the molecule is Cc1nc(C2CCCCN2Cc2cnc[nH]2)n[nH]1.I. The molecule has 0 spiro atoms. The van der Waals surface area contributed by atoms with Gasteiger partial charge in [0.2, 0.25) is 0 Å². The van der Waals surface area contributed by atoms with Crippen LogP contribution in [-0.2, 0) is 6.54 Å². The first-order valence-corrected chi connectivity index (χ1v) is 6.43. The lowest BCUT2D eigenvalue weighted by molar-refractivity contribution is 0.132. The van der Waals surface area contributed by atoms with Gasteiger partial charge in [0.1, 0.15) is 5.82 Å². The van der Waals surface area contributed by atoms with E-state index in [1.54, 1.807) is 6.33 Å². The summed E-state index contributed by atoms with van der Waals surface area (Å²) in [6.07, 6.45) is 7.23. The number of hydrogen-bond donors (Lipinski definition) is 2. The normalized spacial score (nSPS) is 20.2. The molecule has 3 heterocycles. The second-order valence-corrected chi connectivity index (χ2v) is 4.84. The molecule has 1 unspecified atom stereocenters. The van der Waals surface area contributed by atoms with Crippen molar-refractivity contribution in [3.63, 3.8) is 0 Å². The summed E-state index contributed by atoms with van der Waals surface area (Å²) < 4.78 is 0. The maximum absolute atomic E-state index is 4.48. The van der Waals surface area contributed by atoms with Gasteiger partial charge in [-0.2, -0.15) is 5.10 Å². The highest BCUT2D eigenvalue weighted by Gasteiger charge is 2.27. The third kappa shape index (κ3) is 3.33. The molecule has 1 aliphatic heterocycles. The van der Waals surface area contributed by atoms with Gasteiger partial charge in [-0.15, -0.1) is 24.0 Å². The van der Waals surface area contributed by atoms with Crippen LogP contribution in [-0.4, -0.2) is 36.6 Å². The van der Waals surface area contributed by atoms with E-state index in [9.17, 15) is 0 Å². The van der Waals surface area contributed by atoms with Gasteiger partial charge in [0.15, 0.2) is 5.82 Å². The maximum Gasteiger partial charge on any atom is 0.167 e. The minimum atomic E-state index is 0. The van der Waals surface area contributed by atoms with Crippen molar-refractivity contribution in [3.8, 4) is 0 Å². The summed E-state index contributed by atoms with van der Waals surface area (Å²) in [5.74, 6) is 1.81. The van der Waals surface area contributed by atoms with E-state index in [1.165, 1.54) is 12.8 Å². The summed E-state index contributed by atoms with van der Waals surface area (Å²) in [6.45, 7) is 3.92. The molecule has 0 bridgehead atoms. The first-order chi connectivity index (χ1) is 8.83. The number of nitrogens with one attached hydrogen (secondary N) is 2. The zero-order valence-corrected chi connectivity index (χ0v) is 13.3. The summed E-state index contributed by atoms with van der Waals surface area (Å²) in [4.78, 5) is 14.1. The molecule has 1 aliphatic rings. The van der Waals surface area contributed by atoms with Gasteiger partial charge in [-0.25, -0.2) is 9.97 Å². The summed E-state index contributed by atoms with van der Waals surface area (Å²) >= 11 is 0. The van der Waals surface area contributed by atoms with Crippen molar-refractivity contribution in [2.45, 2.75) is 38.8 Å². The van der Waals surface area contributed by atoms with E-state index in [1.807, 2.05) is 13.1 Å². The molecule has 6 nitrogen and oxygen atoms in total. The topological polar surface area (TPSA) is 73.5 Å². The first-order valence-electron chi connectivity index (χ1n) is 6.43. The number of piperidine rings is 1. The van der Waals surface area contributed by atoms with E-state index in [2.05, 4.69) is 30.0 Å².